The van der Waals surface area contributed by atoms with E-state index < -0.39 is 5.82 Å². The Bertz CT molecular complexity index is 980. The highest BCUT2D eigenvalue weighted by molar-refractivity contribution is 7.99. The van der Waals surface area contributed by atoms with Crippen LogP contribution in [-0.2, 0) is 11.8 Å². The summed E-state index contributed by atoms with van der Waals surface area (Å²) in [5.41, 5.74) is 0.882. The molecule has 0 aliphatic carbocycles. The van der Waals surface area contributed by atoms with Gasteiger partial charge in [0.1, 0.15) is 11.6 Å². The van der Waals surface area contributed by atoms with Gasteiger partial charge in [0.05, 0.1) is 24.1 Å². The van der Waals surface area contributed by atoms with Gasteiger partial charge in [0.25, 0.3) is 0 Å². The van der Waals surface area contributed by atoms with Crippen LogP contribution in [0.15, 0.2) is 47.6 Å². The lowest BCUT2D eigenvalue weighted by atomic mass is 10.2. The predicted molar refractivity (Wildman–Crippen MR) is 104 cm³/mol. The van der Waals surface area contributed by atoms with Gasteiger partial charge in [-0.15, -0.1) is 10.2 Å². The Morgan fingerprint density at radius 1 is 1.30 bits per heavy atom. The first-order chi connectivity index (χ1) is 13.0. The smallest absolute Gasteiger partial charge is 0.234 e. The molecule has 0 unspecified atom stereocenters. The van der Waals surface area contributed by atoms with Gasteiger partial charge in [-0.05, 0) is 30.3 Å². The third-order valence-corrected chi connectivity index (χ3v) is 4.98. The molecule has 1 aromatic heterocycles. The third-order valence-electron chi connectivity index (χ3n) is 3.72. The van der Waals surface area contributed by atoms with Gasteiger partial charge in [0.15, 0.2) is 11.0 Å². The fourth-order valence-electron chi connectivity index (χ4n) is 2.41. The highest BCUT2D eigenvalue weighted by Crippen LogP contribution is 2.30. The van der Waals surface area contributed by atoms with Gasteiger partial charge in [-0.1, -0.05) is 35.5 Å². The maximum absolute atomic E-state index is 13.8. The molecule has 3 aromatic rings. The molecule has 2 aromatic carbocycles. The van der Waals surface area contributed by atoms with Crippen LogP contribution in [0.5, 0.6) is 5.75 Å². The topological polar surface area (TPSA) is 69.0 Å². The molecule has 0 saturated heterocycles. The number of benzene rings is 2. The number of rotatable bonds is 6. The SMILES string of the molecule is COc1ccccc1-c1nnc(SCC(=O)Nc2ccc(Cl)cc2F)n1C. The van der Waals surface area contributed by atoms with Crippen LogP contribution in [0.25, 0.3) is 11.4 Å². The van der Waals surface area contributed by atoms with Gasteiger partial charge in [-0.25, -0.2) is 4.39 Å². The fraction of sp³-hybridized carbons (Fsp3) is 0.167. The van der Waals surface area contributed by atoms with Crippen LogP contribution in [0.1, 0.15) is 0 Å². The number of hydrogen-bond donors (Lipinski definition) is 1. The largest absolute Gasteiger partial charge is 0.496 e. The number of nitrogens with zero attached hydrogens (tertiary/aromatic N) is 3. The van der Waals surface area contributed by atoms with Crippen LogP contribution >= 0.6 is 23.4 Å². The van der Waals surface area contributed by atoms with Crippen molar-refractivity contribution in [1.29, 1.82) is 0 Å². The van der Waals surface area contributed by atoms with Crippen LogP contribution in [0.4, 0.5) is 10.1 Å². The van der Waals surface area contributed by atoms with Gasteiger partial charge in [0, 0.05) is 12.1 Å². The molecule has 0 bridgehead atoms. The Kier molecular flexibility index (Phi) is 5.98. The summed E-state index contributed by atoms with van der Waals surface area (Å²) in [6, 6.07) is 11.5. The van der Waals surface area contributed by atoms with E-state index in [1.807, 2.05) is 24.3 Å². The Morgan fingerprint density at radius 2 is 2.07 bits per heavy atom. The van der Waals surface area contributed by atoms with Gasteiger partial charge in [-0.3, -0.25) is 4.79 Å². The first-order valence-corrected chi connectivity index (χ1v) is 9.26. The molecule has 9 heteroatoms. The molecule has 1 amide bonds. The Morgan fingerprint density at radius 3 is 2.81 bits per heavy atom. The number of anilines is 1. The molecule has 0 spiro atoms. The van der Waals surface area contributed by atoms with Gasteiger partial charge < -0.3 is 14.6 Å². The summed E-state index contributed by atoms with van der Waals surface area (Å²) >= 11 is 6.90. The van der Waals surface area contributed by atoms with Crippen LogP contribution in [0, 0.1) is 5.82 Å². The minimum absolute atomic E-state index is 0.0555. The molecule has 0 radical (unpaired) electrons. The lowest BCUT2D eigenvalue weighted by molar-refractivity contribution is -0.113. The second-order valence-corrected chi connectivity index (χ2v) is 6.91. The summed E-state index contributed by atoms with van der Waals surface area (Å²) in [7, 11) is 3.39. The number of para-hydroxylation sites is 1. The second kappa shape index (κ2) is 8.41. The molecule has 0 aliphatic heterocycles. The predicted octanol–water partition coefficient (Wildman–Crippen LogP) is 4.01. The van der Waals surface area contributed by atoms with Crippen molar-refractivity contribution in [3.8, 4) is 17.1 Å². The van der Waals surface area contributed by atoms with E-state index in [1.54, 1.807) is 18.7 Å². The van der Waals surface area contributed by atoms with Crippen LogP contribution < -0.4 is 10.1 Å². The first-order valence-electron chi connectivity index (χ1n) is 7.90. The van der Waals surface area contributed by atoms with Crippen molar-refractivity contribution in [2.75, 3.05) is 18.2 Å². The molecular weight excluding hydrogens is 391 g/mol. The summed E-state index contributed by atoms with van der Waals surface area (Å²) < 4.78 is 20.9. The van der Waals surface area contributed by atoms with Crippen molar-refractivity contribution in [3.05, 3.63) is 53.3 Å². The molecule has 0 fully saturated rings. The lowest BCUT2D eigenvalue weighted by Crippen LogP contribution is -2.15. The van der Waals surface area contributed by atoms with Crippen molar-refractivity contribution in [2.45, 2.75) is 5.16 Å². The summed E-state index contributed by atoms with van der Waals surface area (Å²) in [5, 5.41) is 11.6. The molecule has 0 saturated carbocycles. The van der Waals surface area contributed by atoms with E-state index in [0.717, 1.165) is 11.6 Å². The molecule has 3 rings (SSSR count). The van der Waals surface area contributed by atoms with E-state index in [2.05, 4.69) is 15.5 Å². The van der Waals surface area contributed by atoms with Gasteiger partial charge in [0.2, 0.25) is 5.91 Å². The number of ether oxygens (including phenoxy) is 1. The zero-order chi connectivity index (χ0) is 19.4. The summed E-state index contributed by atoms with van der Waals surface area (Å²) in [4.78, 5) is 12.1. The second-order valence-electron chi connectivity index (χ2n) is 5.53. The number of hydrogen-bond acceptors (Lipinski definition) is 5. The molecule has 1 N–H and O–H groups in total. The quantitative estimate of drug-likeness (QED) is 0.626. The van der Waals surface area contributed by atoms with E-state index in [1.165, 1.54) is 23.9 Å². The number of nitrogens with one attached hydrogen (secondary N) is 1. The van der Waals surface area contributed by atoms with Gasteiger partial charge >= 0.3 is 0 Å². The third kappa shape index (κ3) is 4.40. The van der Waals surface area contributed by atoms with E-state index in [0.29, 0.717) is 16.7 Å². The summed E-state index contributed by atoms with van der Waals surface area (Å²) in [6.45, 7) is 0. The first kappa shape index (κ1) is 19.2. The van der Waals surface area contributed by atoms with E-state index in [-0.39, 0.29) is 22.4 Å². The molecule has 27 heavy (non-hydrogen) atoms. The molecule has 0 atom stereocenters. The van der Waals surface area contributed by atoms with Gasteiger partial charge in [-0.2, -0.15) is 0 Å². The molecular formula is C18H16ClFN4O2S. The van der Waals surface area contributed by atoms with E-state index in [9.17, 15) is 9.18 Å². The van der Waals surface area contributed by atoms with Crippen molar-refractivity contribution in [1.82, 2.24) is 14.8 Å². The fourth-order valence-corrected chi connectivity index (χ4v) is 3.28. The minimum atomic E-state index is -0.585. The maximum atomic E-state index is 13.8. The van der Waals surface area contributed by atoms with Crippen molar-refractivity contribution in [3.63, 3.8) is 0 Å². The number of carbonyl (C=O) groups excluding carboxylic acids is 1. The van der Waals surface area contributed by atoms with Crippen LogP contribution in [0.2, 0.25) is 5.02 Å². The highest BCUT2D eigenvalue weighted by Gasteiger charge is 2.16. The average molecular weight is 407 g/mol. The number of amides is 1. The Balaban J connectivity index is 1.68. The molecule has 140 valence electrons. The van der Waals surface area contributed by atoms with Crippen molar-refractivity contribution in [2.24, 2.45) is 7.05 Å². The molecule has 6 nitrogen and oxygen atoms in total. The molecule has 1 heterocycles. The summed E-state index contributed by atoms with van der Waals surface area (Å²) in [6.07, 6.45) is 0. The standard InChI is InChI=1S/C18H16ClFN4O2S/c1-24-17(12-5-3-4-6-15(12)26-2)22-23-18(24)27-10-16(25)21-14-8-7-11(19)9-13(14)20/h3-9H,10H2,1-2H3,(H,21,25). The monoisotopic (exact) mass is 406 g/mol. The number of methoxy groups -OCH3 is 1. The normalized spacial score (nSPS) is 10.7. The molecule has 0 aliphatic rings. The van der Waals surface area contributed by atoms with E-state index >= 15 is 0 Å². The number of aromatic nitrogens is 3. The number of halogens is 2. The number of thioether (sulfide) groups is 1. The van der Waals surface area contributed by atoms with Crippen LogP contribution in [0.3, 0.4) is 0 Å². The lowest BCUT2D eigenvalue weighted by Gasteiger charge is -2.08. The highest BCUT2D eigenvalue weighted by atomic mass is 35.5. The number of carbonyl (C=O) groups is 1. The van der Waals surface area contributed by atoms with Crippen molar-refractivity contribution < 1.29 is 13.9 Å². The summed E-state index contributed by atoms with van der Waals surface area (Å²) in [5.74, 6) is 0.417. The Labute approximate surface area is 164 Å². The Hall–Kier alpha value is -2.58. The zero-order valence-electron chi connectivity index (χ0n) is 14.6. The van der Waals surface area contributed by atoms with Crippen LogP contribution in [-0.4, -0.2) is 33.5 Å². The maximum Gasteiger partial charge on any atom is 0.234 e. The zero-order valence-corrected chi connectivity index (χ0v) is 16.1. The average Bonchev–Trinajstić information content (AvgIpc) is 3.02. The van der Waals surface area contributed by atoms with Crippen molar-refractivity contribution >= 4 is 35.0 Å². The minimum Gasteiger partial charge on any atom is -0.496 e. The van der Waals surface area contributed by atoms with E-state index in [4.69, 9.17) is 16.3 Å².